The smallest absolute Gasteiger partial charge is 0.344 e. The number of aromatic nitrogens is 2. The minimum absolute atomic E-state index is 0.444. The minimum Gasteiger partial charge on any atom is -0.479 e. The number of hydrogen-bond acceptors (Lipinski definition) is 5. The first-order valence-electron chi connectivity index (χ1n) is 8.05. The van der Waals surface area contributed by atoms with Gasteiger partial charge in [-0.2, -0.15) is 0 Å². The standard InChI is InChI=1S/C19H17ClN2O4/c1-12(19(23)24)26-15-5-2-13(3-6-15)8-9-25-18-11-21-17-10-14(20)4-7-16(17)22-18/h2-7,10-12H,8-9H2,1H3,(H,23,24). The molecule has 6 nitrogen and oxygen atoms in total. The summed E-state index contributed by atoms with van der Waals surface area (Å²) in [6.45, 7) is 1.93. The van der Waals surface area contributed by atoms with Crippen molar-refractivity contribution in [3.05, 3.63) is 59.2 Å². The summed E-state index contributed by atoms with van der Waals surface area (Å²) < 4.78 is 11.0. The highest BCUT2D eigenvalue weighted by Crippen LogP contribution is 2.19. The second-order valence-corrected chi connectivity index (χ2v) is 6.12. The molecule has 2 aromatic carbocycles. The number of rotatable bonds is 7. The summed E-state index contributed by atoms with van der Waals surface area (Å²) in [6.07, 6.45) is 1.36. The van der Waals surface area contributed by atoms with Crippen LogP contribution in [0.4, 0.5) is 0 Å². The number of ether oxygens (including phenoxy) is 2. The number of carboxylic acid groups (broad SMARTS) is 1. The molecule has 1 unspecified atom stereocenters. The van der Waals surface area contributed by atoms with Gasteiger partial charge >= 0.3 is 5.97 Å². The molecule has 0 saturated heterocycles. The molecule has 0 aliphatic heterocycles. The quantitative estimate of drug-likeness (QED) is 0.680. The van der Waals surface area contributed by atoms with Crippen LogP contribution in [0.1, 0.15) is 12.5 Å². The number of benzene rings is 2. The lowest BCUT2D eigenvalue weighted by atomic mass is 10.1. The van der Waals surface area contributed by atoms with Gasteiger partial charge in [-0.15, -0.1) is 0 Å². The molecule has 0 spiro atoms. The van der Waals surface area contributed by atoms with Crippen LogP contribution in [0, 0.1) is 0 Å². The average Bonchev–Trinajstić information content (AvgIpc) is 2.63. The largest absolute Gasteiger partial charge is 0.479 e. The van der Waals surface area contributed by atoms with Gasteiger partial charge in [-0.25, -0.2) is 14.8 Å². The van der Waals surface area contributed by atoms with Crippen LogP contribution in [0.2, 0.25) is 5.02 Å². The third-order valence-corrected chi connectivity index (χ3v) is 3.94. The molecular weight excluding hydrogens is 356 g/mol. The van der Waals surface area contributed by atoms with Crippen molar-refractivity contribution in [1.82, 2.24) is 9.97 Å². The Labute approximate surface area is 155 Å². The van der Waals surface area contributed by atoms with Crippen LogP contribution in [0.25, 0.3) is 11.0 Å². The lowest BCUT2D eigenvalue weighted by Gasteiger charge is -2.11. The van der Waals surface area contributed by atoms with E-state index in [1.165, 1.54) is 6.92 Å². The normalized spacial score (nSPS) is 11.9. The van der Waals surface area contributed by atoms with Crippen molar-refractivity contribution in [3.63, 3.8) is 0 Å². The summed E-state index contributed by atoms with van der Waals surface area (Å²) in [7, 11) is 0. The van der Waals surface area contributed by atoms with Crippen molar-refractivity contribution >= 4 is 28.6 Å². The molecule has 3 rings (SSSR count). The van der Waals surface area contributed by atoms with Gasteiger partial charge in [-0.05, 0) is 42.8 Å². The van der Waals surface area contributed by atoms with Gasteiger partial charge in [-0.1, -0.05) is 23.7 Å². The zero-order chi connectivity index (χ0) is 18.5. The van der Waals surface area contributed by atoms with E-state index in [2.05, 4.69) is 9.97 Å². The lowest BCUT2D eigenvalue weighted by molar-refractivity contribution is -0.144. The highest BCUT2D eigenvalue weighted by Gasteiger charge is 2.12. The fraction of sp³-hybridized carbons (Fsp3) is 0.211. The van der Waals surface area contributed by atoms with Crippen LogP contribution in [0.15, 0.2) is 48.7 Å². The maximum absolute atomic E-state index is 10.8. The van der Waals surface area contributed by atoms with Gasteiger partial charge in [0.15, 0.2) is 6.10 Å². The number of aliphatic carboxylic acids is 1. The molecular formula is C19H17ClN2O4. The Morgan fingerprint density at radius 1 is 1.19 bits per heavy atom. The monoisotopic (exact) mass is 372 g/mol. The minimum atomic E-state index is -0.999. The predicted molar refractivity (Wildman–Crippen MR) is 97.9 cm³/mol. The van der Waals surface area contributed by atoms with Crippen LogP contribution < -0.4 is 9.47 Å². The molecule has 134 valence electrons. The van der Waals surface area contributed by atoms with E-state index in [1.54, 1.807) is 36.5 Å². The van der Waals surface area contributed by atoms with Gasteiger partial charge in [-0.3, -0.25) is 0 Å². The molecule has 7 heteroatoms. The van der Waals surface area contributed by atoms with Gasteiger partial charge in [0.1, 0.15) is 5.75 Å². The first-order chi connectivity index (χ1) is 12.5. The van der Waals surface area contributed by atoms with E-state index in [4.69, 9.17) is 26.2 Å². The molecule has 0 bridgehead atoms. The van der Waals surface area contributed by atoms with E-state index in [-0.39, 0.29) is 0 Å². The zero-order valence-corrected chi connectivity index (χ0v) is 14.8. The number of fused-ring (bicyclic) bond motifs is 1. The fourth-order valence-corrected chi connectivity index (χ4v) is 2.47. The Kier molecular flexibility index (Phi) is 5.53. The van der Waals surface area contributed by atoms with Crippen LogP contribution in [0.3, 0.4) is 0 Å². The van der Waals surface area contributed by atoms with Crippen LogP contribution in [0.5, 0.6) is 11.6 Å². The van der Waals surface area contributed by atoms with Crippen molar-refractivity contribution in [2.75, 3.05) is 6.61 Å². The van der Waals surface area contributed by atoms with Crippen LogP contribution in [-0.4, -0.2) is 33.8 Å². The Morgan fingerprint density at radius 2 is 1.96 bits per heavy atom. The van der Waals surface area contributed by atoms with Crippen molar-refractivity contribution in [2.24, 2.45) is 0 Å². The third-order valence-electron chi connectivity index (χ3n) is 3.71. The predicted octanol–water partition coefficient (Wildman–Crippen LogP) is 3.76. The number of hydrogen-bond donors (Lipinski definition) is 1. The summed E-state index contributed by atoms with van der Waals surface area (Å²) in [5, 5.41) is 9.46. The van der Waals surface area contributed by atoms with Crippen LogP contribution >= 0.6 is 11.6 Å². The maximum Gasteiger partial charge on any atom is 0.344 e. The number of carboxylic acids is 1. The topological polar surface area (TPSA) is 81.5 Å². The maximum atomic E-state index is 10.8. The second-order valence-electron chi connectivity index (χ2n) is 5.68. The molecule has 1 aromatic heterocycles. The SMILES string of the molecule is CC(Oc1ccc(CCOc2cnc3cc(Cl)ccc3n2)cc1)C(=O)O. The molecule has 0 amide bonds. The van der Waals surface area contributed by atoms with Gasteiger partial charge in [0.25, 0.3) is 0 Å². The molecule has 1 atom stereocenters. The number of halogens is 1. The summed E-state index contributed by atoms with van der Waals surface area (Å²) in [4.78, 5) is 19.5. The molecule has 1 heterocycles. The molecule has 3 aromatic rings. The highest BCUT2D eigenvalue weighted by molar-refractivity contribution is 6.31. The van der Waals surface area contributed by atoms with Crippen molar-refractivity contribution < 1.29 is 19.4 Å². The van der Waals surface area contributed by atoms with Gasteiger partial charge in [0, 0.05) is 11.4 Å². The molecule has 0 fully saturated rings. The summed E-state index contributed by atoms with van der Waals surface area (Å²) in [6, 6.07) is 12.6. The molecule has 0 radical (unpaired) electrons. The van der Waals surface area contributed by atoms with E-state index in [0.717, 1.165) is 16.6 Å². The van der Waals surface area contributed by atoms with E-state index in [1.807, 2.05) is 12.1 Å². The van der Waals surface area contributed by atoms with Crippen molar-refractivity contribution in [1.29, 1.82) is 0 Å². The summed E-state index contributed by atoms with van der Waals surface area (Å²) >= 11 is 5.93. The summed E-state index contributed by atoms with van der Waals surface area (Å²) in [5.41, 5.74) is 2.48. The Morgan fingerprint density at radius 3 is 2.69 bits per heavy atom. The average molecular weight is 373 g/mol. The fourth-order valence-electron chi connectivity index (χ4n) is 2.30. The van der Waals surface area contributed by atoms with E-state index in [9.17, 15) is 4.79 Å². The van der Waals surface area contributed by atoms with Gasteiger partial charge < -0.3 is 14.6 Å². The van der Waals surface area contributed by atoms with Gasteiger partial charge in [0.05, 0.1) is 23.8 Å². The van der Waals surface area contributed by atoms with Crippen molar-refractivity contribution in [2.45, 2.75) is 19.4 Å². The molecule has 1 N–H and O–H groups in total. The lowest BCUT2D eigenvalue weighted by Crippen LogP contribution is -2.22. The van der Waals surface area contributed by atoms with E-state index in [0.29, 0.717) is 29.7 Å². The van der Waals surface area contributed by atoms with Crippen LogP contribution in [-0.2, 0) is 11.2 Å². The Balaban J connectivity index is 1.54. The molecule has 0 aliphatic carbocycles. The Hall–Kier alpha value is -2.86. The summed E-state index contributed by atoms with van der Waals surface area (Å²) in [5.74, 6) is -0.0278. The first kappa shape index (κ1) is 17.9. The number of carbonyl (C=O) groups is 1. The number of nitrogens with zero attached hydrogens (tertiary/aromatic N) is 2. The third kappa shape index (κ3) is 4.61. The van der Waals surface area contributed by atoms with Gasteiger partial charge in [0.2, 0.25) is 5.88 Å². The second kappa shape index (κ2) is 8.01. The van der Waals surface area contributed by atoms with E-state index < -0.39 is 12.1 Å². The van der Waals surface area contributed by atoms with Crippen molar-refractivity contribution in [3.8, 4) is 11.6 Å². The highest BCUT2D eigenvalue weighted by atomic mass is 35.5. The molecule has 0 aliphatic rings. The molecule has 0 saturated carbocycles. The Bertz CT molecular complexity index is 915. The zero-order valence-electron chi connectivity index (χ0n) is 14.1. The first-order valence-corrected chi connectivity index (χ1v) is 8.42. The van der Waals surface area contributed by atoms with E-state index >= 15 is 0 Å². The molecule has 26 heavy (non-hydrogen) atoms.